The summed E-state index contributed by atoms with van der Waals surface area (Å²) in [6.07, 6.45) is 3.65. The second-order valence-electron chi connectivity index (χ2n) is 5.65. The second-order valence-corrected chi connectivity index (χ2v) is 5.65. The molecule has 0 radical (unpaired) electrons. The number of hydrogen-bond donors (Lipinski definition) is 1. The van der Waals surface area contributed by atoms with Crippen LogP contribution in [0.3, 0.4) is 0 Å². The van der Waals surface area contributed by atoms with E-state index in [1.807, 2.05) is 31.2 Å². The number of esters is 1. The molecule has 5 nitrogen and oxygen atoms in total. The molecule has 1 aromatic heterocycles. The molecule has 2 aromatic rings. The van der Waals surface area contributed by atoms with Gasteiger partial charge in [0.2, 0.25) is 0 Å². The van der Waals surface area contributed by atoms with E-state index in [9.17, 15) is 4.79 Å². The fraction of sp³-hybridized carbons (Fsp3) is 0.412. The summed E-state index contributed by atoms with van der Waals surface area (Å²) >= 11 is 0. The van der Waals surface area contributed by atoms with Gasteiger partial charge in [0.05, 0.1) is 12.5 Å². The molecule has 2 N–H and O–H groups in total. The Morgan fingerprint density at radius 3 is 3.14 bits per heavy atom. The molecule has 1 aliphatic heterocycles. The number of hydrogen-bond acceptors (Lipinski definition) is 5. The van der Waals surface area contributed by atoms with E-state index in [1.54, 1.807) is 6.20 Å². The number of nitrogens with two attached hydrogens (primary N) is 1. The summed E-state index contributed by atoms with van der Waals surface area (Å²) in [5.74, 6) is 0.753. The summed E-state index contributed by atoms with van der Waals surface area (Å²) in [5, 5.41) is 2.14. The van der Waals surface area contributed by atoms with E-state index in [-0.39, 0.29) is 11.9 Å². The van der Waals surface area contributed by atoms with E-state index in [0.29, 0.717) is 13.2 Å². The predicted octanol–water partition coefficient (Wildman–Crippen LogP) is 2.60. The first kappa shape index (κ1) is 14.6. The Kier molecular flexibility index (Phi) is 4.13. The Morgan fingerprint density at radius 2 is 2.32 bits per heavy atom. The van der Waals surface area contributed by atoms with Crippen molar-refractivity contribution < 1.29 is 9.53 Å². The summed E-state index contributed by atoms with van der Waals surface area (Å²) in [7, 11) is 0. The molecule has 0 aliphatic carbocycles. The first-order valence-electron chi connectivity index (χ1n) is 7.75. The van der Waals surface area contributed by atoms with Gasteiger partial charge >= 0.3 is 5.97 Å². The average molecular weight is 299 g/mol. The number of aromatic nitrogens is 1. The van der Waals surface area contributed by atoms with Gasteiger partial charge < -0.3 is 15.4 Å². The lowest BCUT2D eigenvalue weighted by Gasteiger charge is -2.33. The smallest absolute Gasteiger partial charge is 0.310 e. The first-order valence-corrected chi connectivity index (χ1v) is 7.75. The molecule has 0 saturated carbocycles. The van der Waals surface area contributed by atoms with Crippen molar-refractivity contribution in [3.8, 4) is 0 Å². The fourth-order valence-electron chi connectivity index (χ4n) is 3.05. The van der Waals surface area contributed by atoms with E-state index in [2.05, 4.69) is 9.88 Å². The molecule has 0 spiro atoms. The SMILES string of the molecule is CCOC(=O)C1CCCN(c2nccc3cc(N)ccc23)C1. The van der Waals surface area contributed by atoms with E-state index < -0.39 is 0 Å². The number of fused-ring (bicyclic) bond motifs is 1. The van der Waals surface area contributed by atoms with E-state index in [4.69, 9.17) is 10.5 Å². The zero-order valence-electron chi connectivity index (χ0n) is 12.8. The fourth-order valence-corrected chi connectivity index (χ4v) is 3.05. The third-order valence-electron chi connectivity index (χ3n) is 4.11. The van der Waals surface area contributed by atoms with E-state index in [1.165, 1.54) is 0 Å². The lowest BCUT2D eigenvalue weighted by molar-refractivity contribution is -0.148. The van der Waals surface area contributed by atoms with E-state index in [0.717, 1.165) is 41.7 Å². The molecular formula is C17H21N3O2. The molecule has 5 heteroatoms. The molecular weight excluding hydrogens is 278 g/mol. The maximum absolute atomic E-state index is 12.0. The average Bonchev–Trinajstić information content (AvgIpc) is 2.54. The molecule has 1 aliphatic rings. The van der Waals surface area contributed by atoms with Crippen LogP contribution in [-0.2, 0) is 9.53 Å². The Bertz CT molecular complexity index is 687. The van der Waals surface area contributed by atoms with Crippen LogP contribution in [0.15, 0.2) is 30.5 Å². The van der Waals surface area contributed by atoms with Crippen molar-refractivity contribution >= 4 is 28.2 Å². The lowest BCUT2D eigenvalue weighted by atomic mass is 9.97. The van der Waals surface area contributed by atoms with Crippen LogP contribution in [0.5, 0.6) is 0 Å². The van der Waals surface area contributed by atoms with Gasteiger partial charge in [0, 0.05) is 30.4 Å². The number of ether oxygens (including phenoxy) is 1. The quantitative estimate of drug-likeness (QED) is 0.697. The summed E-state index contributed by atoms with van der Waals surface area (Å²) < 4.78 is 5.17. The Hall–Kier alpha value is -2.30. The van der Waals surface area contributed by atoms with Crippen molar-refractivity contribution in [2.45, 2.75) is 19.8 Å². The van der Waals surface area contributed by atoms with Crippen LogP contribution in [0.2, 0.25) is 0 Å². The predicted molar refractivity (Wildman–Crippen MR) is 87.7 cm³/mol. The minimum absolute atomic E-state index is 0.0699. The lowest BCUT2D eigenvalue weighted by Crippen LogP contribution is -2.39. The molecule has 2 heterocycles. The number of anilines is 2. The molecule has 116 valence electrons. The van der Waals surface area contributed by atoms with Gasteiger partial charge in [0.15, 0.2) is 0 Å². The summed E-state index contributed by atoms with van der Waals surface area (Å²) in [6.45, 7) is 3.85. The van der Waals surface area contributed by atoms with Crippen molar-refractivity contribution in [3.05, 3.63) is 30.5 Å². The van der Waals surface area contributed by atoms with Gasteiger partial charge in [-0.25, -0.2) is 4.98 Å². The monoisotopic (exact) mass is 299 g/mol. The number of benzene rings is 1. The van der Waals surface area contributed by atoms with Crippen LogP contribution in [0.4, 0.5) is 11.5 Å². The summed E-state index contributed by atoms with van der Waals surface area (Å²) in [5.41, 5.74) is 6.60. The molecule has 1 fully saturated rings. The molecule has 1 saturated heterocycles. The van der Waals surface area contributed by atoms with Gasteiger partial charge in [-0.1, -0.05) is 0 Å². The highest BCUT2D eigenvalue weighted by Crippen LogP contribution is 2.29. The molecule has 3 rings (SSSR count). The zero-order valence-corrected chi connectivity index (χ0v) is 12.8. The zero-order chi connectivity index (χ0) is 15.5. The Morgan fingerprint density at radius 1 is 1.45 bits per heavy atom. The van der Waals surface area contributed by atoms with Crippen LogP contribution in [0.25, 0.3) is 10.8 Å². The number of nitrogens with zero attached hydrogens (tertiary/aromatic N) is 2. The van der Waals surface area contributed by atoms with Gasteiger partial charge in [0.25, 0.3) is 0 Å². The Balaban J connectivity index is 1.89. The number of carbonyl (C=O) groups excluding carboxylic acids is 1. The van der Waals surface area contributed by atoms with Crippen molar-refractivity contribution in [1.29, 1.82) is 0 Å². The maximum atomic E-state index is 12.0. The highest BCUT2D eigenvalue weighted by atomic mass is 16.5. The van der Waals surface area contributed by atoms with Gasteiger partial charge in [-0.05, 0) is 49.4 Å². The molecule has 0 amide bonds. The van der Waals surface area contributed by atoms with Gasteiger partial charge in [0.1, 0.15) is 5.82 Å². The summed E-state index contributed by atoms with van der Waals surface area (Å²) in [4.78, 5) is 18.7. The standard InChI is InChI=1S/C17H21N3O2/c1-2-22-17(21)13-4-3-9-20(11-13)16-15-6-5-14(18)10-12(15)7-8-19-16/h5-8,10,13H,2-4,9,11,18H2,1H3. The Labute approximate surface area is 130 Å². The minimum atomic E-state index is -0.100. The van der Waals surface area contributed by atoms with Crippen molar-refractivity contribution in [1.82, 2.24) is 4.98 Å². The third kappa shape index (κ3) is 2.84. The van der Waals surface area contributed by atoms with E-state index >= 15 is 0 Å². The van der Waals surface area contributed by atoms with Crippen molar-refractivity contribution in [2.24, 2.45) is 5.92 Å². The third-order valence-corrected chi connectivity index (χ3v) is 4.11. The molecule has 1 aromatic carbocycles. The van der Waals surface area contributed by atoms with Crippen LogP contribution in [0.1, 0.15) is 19.8 Å². The highest BCUT2D eigenvalue weighted by Gasteiger charge is 2.28. The van der Waals surface area contributed by atoms with Crippen LogP contribution < -0.4 is 10.6 Å². The molecule has 1 unspecified atom stereocenters. The minimum Gasteiger partial charge on any atom is -0.466 e. The van der Waals surface area contributed by atoms with Crippen LogP contribution in [-0.4, -0.2) is 30.6 Å². The van der Waals surface area contributed by atoms with Crippen molar-refractivity contribution in [2.75, 3.05) is 30.3 Å². The number of pyridine rings is 1. The molecule has 1 atom stereocenters. The molecule has 22 heavy (non-hydrogen) atoms. The number of carbonyl (C=O) groups is 1. The normalized spacial score (nSPS) is 18.4. The highest BCUT2D eigenvalue weighted by molar-refractivity contribution is 5.94. The summed E-state index contributed by atoms with van der Waals surface area (Å²) in [6, 6.07) is 7.80. The number of nitrogen functional groups attached to an aromatic ring is 1. The first-order chi connectivity index (χ1) is 10.7. The second kappa shape index (κ2) is 6.22. The van der Waals surface area contributed by atoms with Crippen molar-refractivity contribution in [3.63, 3.8) is 0 Å². The van der Waals surface area contributed by atoms with Crippen LogP contribution in [0, 0.1) is 5.92 Å². The van der Waals surface area contributed by atoms with Crippen LogP contribution >= 0.6 is 0 Å². The van der Waals surface area contributed by atoms with Gasteiger partial charge in [-0.2, -0.15) is 0 Å². The number of rotatable bonds is 3. The largest absolute Gasteiger partial charge is 0.466 e. The molecule has 0 bridgehead atoms. The van der Waals surface area contributed by atoms with Gasteiger partial charge in [-0.15, -0.1) is 0 Å². The maximum Gasteiger partial charge on any atom is 0.310 e. The van der Waals surface area contributed by atoms with Gasteiger partial charge in [-0.3, -0.25) is 4.79 Å². The topological polar surface area (TPSA) is 68.5 Å². The number of piperidine rings is 1.